The maximum absolute atomic E-state index is 5.10. The Kier molecular flexibility index (Phi) is 1.90. The predicted molar refractivity (Wildman–Crippen MR) is 47.9 cm³/mol. The Morgan fingerprint density at radius 3 is 2.92 bits per heavy atom. The lowest BCUT2D eigenvalue weighted by Gasteiger charge is -2.11. The standard InChI is InChI=1S/C8H12N2OS/c1-6-7(12-5-10-6)8(2-3-8)4-11-9/h5H,2-4,9H2,1H3. The Balaban J connectivity index is 2.24. The van der Waals surface area contributed by atoms with Gasteiger partial charge in [-0.1, -0.05) is 0 Å². The molecule has 1 aromatic rings. The molecule has 1 aliphatic carbocycles. The minimum Gasteiger partial charge on any atom is -0.304 e. The van der Waals surface area contributed by atoms with Gasteiger partial charge in [0.1, 0.15) is 0 Å². The van der Waals surface area contributed by atoms with Gasteiger partial charge in [-0.15, -0.1) is 11.3 Å². The van der Waals surface area contributed by atoms with E-state index >= 15 is 0 Å². The van der Waals surface area contributed by atoms with Crippen molar-refractivity contribution in [3.05, 3.63) is 16.1 Å². The van der Waals surface area contributed by atoms with Crippen molar-refractivity contribution in [2.75, 3.05) is 6.61 Å². The lowest BCUT2D eigenvalue weighted by Crippen LogP contribution is -2.17. The Bertz CT molecular complexity index is 280. The Morgan fingerprint density at radius 2 is 2.50 bits per heavy atom. The number of aromatic nitrogens is 1. The van der Waals surface area contributed by atoms with Crippen LogP contribution in [0.1, 0.15) is 23.4 Å². The van der Waals surface area contributed by atoms with Crippen molar-refractivity contribution in [1.29, 1.82) is 0 Å². The maximum atomic E-state index is 5.10. The first-order valence-electron chi connectivity index (χ1n) is 4.01. The largest absolute Gasteiger partial charge is 0.304 e. The van der Waals surface area contributed by atoms with Gasteiger partial charge >= 0.3 is 0 Å². The summed E-state index contributed by atoms with van der Waals surface area (Å²) in [6.45, 7) is 2.68. The summed E-state index contributed by atoms with van der Waals surface area (Å²) in [5.74, 6) is 5.10. The average Bonchev–Trinajstić information content (AvgIpc) is 2.68. The zero-order valence-electron chi connectivity index (χ0n) is 7.04. The topological polar surface area (TPSA) is 48.1 Å². The lowest BCUT2D eigenvalue weighted by atomic mass is 10.1. The third kappa shape index (κ3) is 1.16. The minimum atomic E-state index is 0.222. The van der Waals surface area contributed by atoms with Gasteiger partial charge in [0.2, 0.25) is 0 Å². The van der Waals surface area contributed by atoms with Gasteiger partial charge in [-0.25, -0.2) is 10.9 Å². The van der Waals surface area contributed by atoms with E-state index < -0.39 is 0 Å². The van der Waals surface area contributed by atoms with Gasteiger partial charge in [-0.3, -0.25) is 0 Å². The van der Waals surface area contributed by atoms with Gasteiger partial charge in [0.25, 0.3) is 0 Å². The van der Waals surface area contributed by atoms with E-state index in [9.17, 15) is 0 Å². The van der Waals surface area contributed by atoms with E-state index in [-0.39, 0.29) is 5.41 Å². The van der Waals surface area contributed by atoms with E-state index in [4.69, 9.17) is 10.7 Å². The molecule has 1 aromatic heterocycles. The normalized spacial score (nSPS) is 19.5. The van der Waals surface area contributed by atoms with Crippen LogP contribution in [-0.2, 0) is 10.3 Å². The van der Waals surface area contributed by atoms with E-state index in [0.29, 0.717) is 6.61 Å². The molecule has 0 bridgehead atoms. The van der Waals surface area contributed by atoms with Gasteiger partial charge in [0.05, 0.1) is 17.8 Å². The highest BCUT2D eigenvalue weighted by atomic mass is 32.1. The first-order valence-corrected chi connectivity index (χ1v) is 4.89. The SMILES string of the molecule is Cc1ncsc1C1(CON)CC1. The van der Waals surface area contributed by atoms with Crippen molar-refractivity contribution in [2.45, 2.75) is 25.2 Å². The minimum absolute atomic E-state index is 0.222. The van der Waals surface area contributed by atoms with Crippen LogP contribution >= 0.6 is 11.3 Å². The molecule has 12 heavy (non-hydrogen) atoms. The molecule has 0 amide bonds. The van der Waals surface area contributed by atoms with Gasteiger partial charge in [-0.05, 0) is 19.8 Å². The number of nitrogens with zero attached hydrogens (tertiary/aromatic N) is 1. The van der Waals surface area contributed by atoms with Gasteiger partial charge in [0, 0.05) is 10.3 Å². The molecule has 2 N–H and O–H groups in total. The highest BCUT2D eigenvalue weighted by Gasteiger charge is 2.46. The van der Waals surface area contributed by atoms with E-state index in [2.05, 4.69) is 4.98 Å². The fourth-order valence-corrected chi connectivity index (χ4v) is 2.61. The highest BCUT2D eigenvalue weighted by Crippen LogP contribution is 2.50. The number of thiazole rings is 1. The van der Waals surface area contributed by atoms with Crippen molar-refractivity contribution >= 4 is 11.3 Å². The molecule has 3 nitrogen and oxygen atoms in total. The van der Waals surface area contributed by atoms with Gasteiger partial charge in [-0.2, -0.15) is 0 Å². The summed E-state index contributed by atoms with van der Waals surface area (Å²) in [5, 5.41) is 0. The molecule has 0 unspecified atom stereocenters. The monoisotopic (exact) mass is 184 g/mol. The smallest absolute Gasteiger partial charge is 0.0797 e. The van der Waals surface area contributed by atoms with Gasteiger partial charge in [0.15, 0.2) is 0 Å². The number of nitrogens with two attached hydrogens (primary N) is 1. The zero-order chi connectivity index (χ0) is 8.60. The number of aryl methyl sites for hydroxylation is 1. The van der Waals surface area contributed by atoms with Crippen LogP contribution in [0.4, 0.5) is 0 Å². The fourth-order valence-electron chi connectivity index (χ4n) is 1.56. The summed E-state index contributed by atoms with van der Waals surface area (Å²) in [6.07, 6.45) is 2.38. The summed E-state index contributed by atoms with van der Waals surface area (Å²) in [7, 11) is 0. The molecular weight excluding hydrogens is 172 g/mol. The summed E-state index contributed by atoms with van der Waals surface area (Å²) in [5.41, 5.74) is 3.25. The van der Waals surface area contributed by atoms with E-state index in [1.807, 2.05) is 12.4 Å². The molecule has 1 saturated carbocycles. The van der Waals surface area contributed by atoms with Gasteiger partial charge < -0.3 is 4.84 Å². The molecule has 0 aliphatic heterocycles. The molecule has 0 saturated heterocycles. The van der Waals surface area contributed by atoms with E-state index in [0.717, 1.165) is 5.69 Å². The Labute approximate surface area is 75.5 Å². The molecule has 4 heteroatoms. The lowest BCUT2D eigenvalue weighted by molar-refractivity contribution is 0.117. The molecule has 0 spiro atoms. The van der Waals surface area contributed by atoms with Crippen LogP contribution in [0.3, 0.4) is 0 Å². The molecule has 0 aromatic carbocycles. The van der Waals surface area contributed by atoms with Crippen LogP contribution in [0.2, 0.25) is 0 Å². The summed E-state index contributed by atoms with van der Waals surface area (Å²) < 4.78 is 0. The first-order chi connectivity index (χ1) is 5.78. The third-order valence-corrected chi connectivity index (χ3v) is 3.62. The highest BCUT2D eigenvalue weighted by molar-refractivity contribution is 7.10. The molecular formula is C8H12N2OS. The van der Waals surface area contributed by atoms with Crippen LogP contribution in [0.5, 0.6) is 0 Å². The number of hydrogen-bond donors (Lipinski definition) is 1. The molecule has 0 atom stereocenters. The second-order valence-electron chi connectivity index (χ2n) is 3.36. The van der Waals surface area contributed by atoms with Crippen LogP contribution in [0.15, 0.2) is 5.51 Å². The summed E-state index contributed by atoms with van der Waals surface area (Å²) in [4.78, 5) is 10.3. The molecule has 1 heterocycles. The molecule has 1 fully saturated rings. The van der Waals surface area contributed by atoms with E-state index in [1.54, 1.807) is 11.3 Å². The molecule has 1 aliphatic rings. The van der Waals surface area contributed by atoms with Crippen molar-refractivity contribution in [1.82, 2.24) is 4.98 Å². The third-order valence-electron chi connectivity index (χ3n) is 2.44. The number of hydrogen-bond acceptors (Lipinski definition) is 4. The van der Waals surface area contributed by atoms with Crippen LogP contribution in [0, 0.1) is 6.92 Å². The van der Waals surface area contributed by atoms with Crippen LogP contribution in [0.25, 0.3) is 0 Å². The summed E-state index contributed by atoms with van der Waals surface area (Å²) >= 11 is 1.71. The Hall–Kier alpha value is -0.450. The number of rotatable bonds is 3. The quantitative estimate of drug-likeness (QED) is 0.722. The van der Waals surface area contributed by atoms with E-state index in [1.165, 1.54) is 17.7 Å². The van der Waals surface area contributed by atoms with Crippen LogP contribution in [-0.4, -0.2) is 11.6 Å². The maximum Gasteiger partial charge on any atom is 0.0797 e. The second kappa shape index (κ2) is 2.80. The Morgan fingerprint density at radius 1 is 1.75 bits per heavy atom. The van der Waals surface area contributed by atoms with Crippen molar-refractivity contribution < 1.29 is 4.84 Å². The fraction of sp³-hybridized carbons (Fsp3) is 0.625. The molecule has 2 rings (SSSR count). The average molecular weight is 184 g/mol. The predicted octanol–water partition coefficient (Wildman–Crippen LogP) is 1.37. The van der Waals surface area contributed by atoms with Crippen molar-refractivity contribution in [3.8, 4) is 0 Å². The first kappa shape index (κ1) is 8.16. The van der Waals surface area contributed by atoms with Crippen LogP contribution < -0.4 is 5.90 Å². The van der Waals surface area contributed by atoms with Crippen molar-refractivity contribution in [3.63, 3.8) is 0 Å². The second-order valence-corrected chi connectivity index (χ2v) is 4.21. The molecule has 66 valence electrons. The molecule has 0 radical (unpaired) electrons. The van der Waals surface area contributed by atoms with Crippen molar-refractivity contribution in [2.24, 2.45) is 5.90 Å². The summed E-state index contributed by atoms with van der Waals surface area (Å²) in [6, 6.07) is 0. The zero-order valence-corrected chi connectivity index (χ0v) is 7.86.